The molecule has 9 atom stereocenters. The lowest BCUT2D eigenvalue weighted by atomic mass is 10.1. The zero-order valence-corrected chi connectivity index (χ0v) is 29.5. The van der Waals surface area contributed by atoms with Crippen LogP contribution in [0.2, 0.25) is 0 Å². The number of anilines is 2. The van der Waals surface area contributed by atoms with Gasteiger partial charge in [-0.05, 0) is 11.6 Å². The number of imidazole rings is 1. The van der Waals surface area contributed by atoms with Crippen molar-refractivity contribution in [2.75, 3.05) is 31.8 Å². The van der Waals surface area contributed by atoms with Gasteiger partial charge in [-0.2, -0.15) is 4.98 Å². The summed E-state index contributed by atoms with van der Waals surface area (Å²) in [6, 6.07) is 10.2. The average Bonchev–Trinajstić information content (AvgIpc) is 3.82. The van der Waals surface area contributed by atoms with E-state index in [0.29, 0.717) is 0 Å². The van der Waals surface area contributed by atoms with Crippen LogP contribution in [0.5, 0.6) is 0 Å². The highest BCUT2D eigenvalue weighted by Crippen LogP contribution is 2.56. The molecule has 6 rings (SSSR count). The molecule has 2 aliphatic rings. The van der Waals surface area contributed by atoms with Gasteiger partial charge in [0.25, 0.3) is 0 Å². The minimum atomic E-state index is -5.07. The number of hydrogen-bond donors (Lipinski definition) is 6. The Labute approximate surface area is 299 Å². The Morgan fingerprint density at radius 3 is 2.45 bits per heavy atom. The number of benzene rings is 1. The third-order valence-electron chi connectivity index (χ3n) is 8.65. The molecule has 5 heterocycles. The van der Waals surface area contributed by atoms with Gasteiger partial charge in [0.1, 0.15) is 36.1 Å². The molecule has 2 fully saturated rings. The molecule has 24 heteroatoms. The summed E-state index contributed by atoms with van der Waals surface area (Å²) in [4.78, 5) is 71.7. The molecule has 286 valence electrons. The first kappa shape index (κ1) is 38.5. The molecule has 22 nitrogen and oxygen atoms in total. The Hall–Kier alpha value is -4.18. The lowest BCUT2D eigenvalue weighted by Crippen LogP contribution is -2.41. The molecule has 0 radical (unpaired) electrons. The number of ether oxygens (including phenoxy) is 4. The lowest BCUT2D eigenvalue weighted by Gasteiger charge is -2.26. The standard InChI is InChI=1S/C29H36N8O14P2/c1-46-16(9-15-5-3-2-4-6-15)28(39)51-24-18(50-27(23(24)38)37-14-34-22-25(31)32-13-33-26(22)37)12-47-52(41,42)19-10-21(36-8-7-20(30)35-29(36)40)49-17(19)11-48-53(43,44)45/h2-8,13-14,16-19,21,23-24,27,38H,9-12H2,1H3,(H,41,42)(H2,30,35,40)(H2,31,32,33)(H2,43,44,45)/t16-,17+,18?,19-,21+,23+,24+,27+/m0/s1. The minimum absolute atomic E-state index is 0.0422. The molecule has 0 saturated carbocycles. The van der Waals surface area contributed by atoms with Crippen LogP contribution < -0.4 is 17.2 Å². The number of rotatable bonds is 14. The number of aliphatic hydroxyl groups excluding tert-OH is 1. The maximum atomic E-state index is 13.9. The van der Waals surface area contributed by atoms with Crippen molar-refractivity contribution in [2.24, 2.45) is 0 Å². The van der Waals surface area contributed by atoms with Crippen LogP contribution in [-0.4, -0.2) is 111 Å². The van der Waals surface area contributed by atoms with Crippen LogP contribution in [-0.2, 0) is 48.3 Å². The first-order valence-electron chi connectivity index (χ1n) is 15.9. The van der Waals surface area contributed by atoms with Gasteiger partial charge in [0.05, 0.1) is 31.3 Å². The van der Waals surface area contributed by atoms with E-state index in [9.17, 15) is 38.5 Å². The van der Waals surface area contributed by atoms with Crippen LogP contribution in [0.25, 0.3) is 11.2 Å². The van der Waals surface area contributed by atoms with E-state index in [1.807, 2.05) is 0 Å². The topological polar surface area (TPSA) is 318 Å². The molecule has 0 amide bonds. The van der Waals surface area contributed by atoms with E-state index in [2.05, 4.69) is 24.5 Å². The average molecular weight is 783 g/mol. The predicted octanol–water partition coefficient (Wildman–Crippen LogP) is -0.357. The maximum absolute atomic E-state index is 13.9. The van der Waals surface area contributed by atoms with Crippen molar-refractivity contribution in [3.8, 4) is 0 Å². The van der Waals surface area contributed by atoms with Gasteiger partial charge in [0, 0.05) is 26.1 Å². The van der Waals surface area contributed by atoms with E-state index in [1.54, 1.807) is 30.3 Å². The predicted molar refractivity (Wildman–Crippen MR) is 179 cm³/mol. The molecular formula is C29H36N8O14P2. The molecule has 3 aromatic heterocycles. The first-order chi connectivity index (χ1) is 25.1. The lowest BCUT2D eigenvalue weighted by molar-refractivity contribution is -0.168. The number of aliphatic hydroxyl groups is 1. The fraction of sp³-hybridized carbons (Fsp3) is 0.448. The number of phosphoric acid groups is 1. The Bertz CT molecular complexity index is 2080. The van der Waals surface area contributed by atoms with Crippen LogP contribution in [0.15, 0.2) is 60.0 Å². The Morgan fingerprint density at radius 2 is 1.75 bits per heavy atom. The monoisotopic (exact) mass is 782 g/mol. The van der Waals surface area contributed by atoms with Gasteiger partial charge >= 0.3 is 27.1 Å². The second-order valence-corrected chi connectivity index (χ2v) is 15.4. The minimum Gasteiger partial charge on any atom is -0.455 e. The number of carbonyl (C=O) groups is 1. The molecule has 1 aromatic carbocycles. The van der Waals surface area contributed by atoms with E-state index in [1.165, 1.54) is 36.6 Å². The third-order valence-corrected chi connectivity index (χ3v) is 11.0. The molecule has 2 saturated heterocycles. The third kappa shape index (κ3) is 8.64. The zero-order chi connectivity index (χ0) is 38.1. The SMILES string of the molecule is CO[C@@H](Cc1ccccc1)C(=O)O[C@@H]1C(COP(=O)(O)[C@H]2C[C@H](n3ccc(N)nc3=O)O[C@@H]2COP(=O)(O)O)O[C@@H](n2cnc3c(N)ncnc32)[C@@H]1O. The molecule has 0 spiro atoms. The summed E-state index contributed by atoms with van der Waals surface area (Å²) in [5.41, 5.74) is 10.2. The number of hydrogen-bond acceptors (Lipinski definition) is 17. The number of nitrogens with two attached hydrogens (primary N) is 2. The summed E-state index contributed by atoms with van der Waals surface area (Å²) in [5, 5.41) is 11.5. The molecule has 2 unspecified atom stereocenters. The van der Waals surface area contributed by atoms with Gasteiger partial charge in [-0.15, -0.1) is 0 Å². The number of methoxy groups -OCH3 is 1. The summed E-state index contributed by atoms with van der Waals surface area (Å²) in [5.74, 6) is -0.934. The number of esters is 1. The number of phosphoric ester groups is 1. The molecule has 53 heavy (non-hydrogen) atoms. The molecule has 0 aliphatic carbocycles. The molecule has 0 bridgehead atoms. The van der Waals surface area contributed by atoms with Crippen molar-refractivity contribution in [2.45, 2.75) is 61.5 Å². The molecule has 4 aromatic rings. The van der Waals surface area contributed by atoms with E-state index in [-0.39, 0.29) is 35.6 Å². The summed E-state index contributed by atoms with van der Waals surface area (Å²) < 4.78 is 60.8. The van der Waals surface area contributed by atoms with Crippen LogP contribution >= 0.6 is 15.4 Å². The van der Waals surface area contributed by atoms with Crippen molar-refractivity contribution in [3.63, 3.8) is 0 Å². The Morgan fingerprint density at radius 1 is 1.02 bits per heavy atom. The van der Waals surface area contributed by atoms with E-state index in [4.69, 9.17) is 34.9 Å². The van der Waals surface area contributed by atoms with E-state index < -0.39 is 88.9 Å². The van der Waals surface area contributed by atoms with E-state index in [0.717, 1.165) is 10.1 Å². The highest BCUT2D eigenvalue weighted by molar-refractivity contribution is 7.53. The number of carbonyl (C=O) groups excluding carboxylic acids is 1. The Balaban J connectivity index is 1.25. The molecule has 8 N–H and O–H groups in total. The summed E-state index contributed by atoms with van der Waals surface area (Å²) in [6.45, 7) is -1.63. The van der Waals surface area contributed by atoms with Gasteiger partial charge in [0.2, 0.25) is 0 Å². The largest absolute Gasteiger partial charge is 0.469 e. The first-order valence-corrected chi connectivity index (χ1v) is 19.0. The van der Waals surface area contributed by atoms with Crippen LogP contribution in [0.4, 0.5) is 11.6 Å². The van der Waals surface area contributed by atoms with Crippen molar-refractivity contribution >= 4 is 44.2 Å². The fourth-order valence-corrected chi connectivity index (χ4v) is 7.97. The second kappa shape index (κ2) is 15.7. The number of aromatic nitrogens is 6. The Kier molecular flexibility index (Phi) is 11.4. The number of nitrogens with zero attached hydrogens (tertiary/aromatic N) is 6. The van der Waals surface area contributed by atoms with E-state index >= 15 is 0 Å². The highest BCUT2D eigenvalue weighted by atomic mass is 31.2. The van der Waals surface area contributed by atoms with Gasteiger partial charge in [-0.25, -0.2) is 29.1 Å². The van der Waals surface area contributed by atoms with Gasteiger partial charge in [0.15, 0.2) is 29.9 Å². The maximum Gasteiger partial charge on any atom is 0.469 e. The van der Waals surface area contributed by atoms with Crippen LogP contribution in [0.1, 0.15) is 24.4 Å². The highest BCUT2D eigenvalue weighted by Gasteiger charge is 2.52. The van der Waals surface area contributed by atoms with Crippen LogP contribution in [0.3, 0.4) is 0 Å². The van der Waals surface area contributed by atoms with Crippen molar-refractivity contribution in [1.29, 1.82) is 0 Å². The number of nitrogen functional groups attached to an aromatic ring is 2. The van der Waals surface area contributed by atoms with Gasteiger partial charge in [-0.1, -0.05) is 30.3 Å². The van der Waals surface area contributed by atoms with Gasteiger partial charge < -0.3 is 54.7 Å². The normalized spacial score (nSPS) is 26.4. The smallest absolute Gasteiger partial charge is 0.455 e. The molecular weight excluding hydrogens is 746 g/mol. The van der Waals surface area contributed by atoms with Crippen molar-refractivity contribution < 1.29 is 61.7 Å². The second-order valence-electron chi connectivity index (χ2n) is 12.1. The van der Waals surface area contributed by atoms with Crippen LogP contribution in [0, 0.1) is 0 Å². The summed E-state index contributed by atoms with van der Waals surface area (Å²) >= 11 is 0. The molecule has 2 aliphatic heterocycles. The van der Waals surface area contributed by atoms with Crippen molar-refractivity contribution in [1.82, 2.24) is 29.1 Å². The fourth-order valence-electron chi connectivity index (χ4n) is 6.06. The number of fused-ring (bicyclic) bond motifs is 1. The zero-order valence-electron chi connectivity index (χ0n) is 27.7. The van der Waals surface area contributed by atoms with Crippen molar-refractivity contribution in [3.05, 3.63) is 71.3 Å². The summed E-state index contributed by atoms with van der Waals surface area (Å²) in [6.07, 6.45) is -6.30. The summed E-state index contributed by atoms with van der Waals surface area (Å²) in [7, 11) is -8.66. The quantitative estimate of drug-likeness (QED) is 0.0703. The van der Waals surface area contributed by atoms with Gasteiger partial charge in [-0.3, -0.25) is 18.2 Å².